The first-order valence-electron chi connectivity index (χ1n) is 4.20. The first-order valence-corrected chi connectivity index (χ1v) is 5.39. The van der Waals surface area contributed by atoms with Crippen molar-refractivity contribution in [3.8, 4) is 6.07 Å². The summed E-state index contributed by atoms with van der Waals surface area (Å²) in [6.07, 6.45) is 0.460. The molecule has 2 rings (SSSR count). The summed E-state index contributed by atoms with van der Waals surface area (Å²) in [5.74, 6) is 0. The molecular formula is C8H8ClN3OS. The van der Waals surface area contributed by atoms with Crippen LogP contribution in [0.3, 0.4) is 0 Å². The summed E-state index contributed by atoms with van der Waals surface area (Å²) >= 11 is 7.02. The highest BCUT2D eigenvalue weighted by molar-refractivity contribution is 7.16. The maximum atomic E-state index is 9.33. The van der Waals surface area contributed by atoms with E-state index in [-0.39, 0.29) is 11.3 Å². The standard InChI is InChI=1S/C8H8ClN3OS/c9-7-6(3-10)14-8(11-7)12-2-1-5(13)4-12/h5,13H,1-2,4H2. The van der Waals surface area contributed by atoms with Gasteiger partial charge >= 0.3 is 0 Å². The Kier molecular flexibility index (Phi) is 2.59. The van der Waals surface area contributed by atoms with E-state index in [4.69, 9.17) is 16.9 Å². The second-order valence-electron chi connectivity index (χ2n) is 3.12. The van der Waals surface area contributed by atoms with Gasteiger partial charge in [-0.05, 0) is 6.42 Å². The molecule has 6 heteroatoms. The number of nitrogens with zero attached hydrogens (tertiary/aromatic N) is 3. The number of hydrogen-bond donors (Lipinski definition) is 1. The molecule has 0 radical (unpaired) electrons. The van der Waals surface area contributed by atoms with Gasteiger partial charge in [0.15, 0.2) is 10.3 Å². The summed E-state index contributed by atoms with van der Waals surface area (Å²) in [6.45, 7) is 1.35. The second-order valence-corrected chi connectivity index (χ2v) is 4.45. The summed E-state index contributed by atoms with van der Waals surface area (Å²) in [5, 5.41) is 19.0. The monoisotopic (exact) mass is 229 g/mol. The number of nitriles is 1. The van der Waals surface area contributed by atoms with Gasteiger partial charge in [0, 0.05) is 13.1 Å². The molecule has 74 valence electrons. The van der Waals surface area contributed by atoms with Crippen molar-refractivity contribution >= 4 is 28.1 Å². The normalized spacial score (nSPS) is 21.2. The first kappa shape index (κ1) is 9.71. The number of anilines is 1. The molecule has 1 fully saturated rings. The minimum Gasteiger partial charge on any atom is -0.391 e. The van der Waals surface area contributed by atoms with Crippen LogP contribution in [0.15, 0.2) is 0 Å². The number of aliphatic hydroxyl groups excluding tert-OH is 1. The molecule has 1 aliphatic heterocycles. The predicted molar refractivity (Wildman–Crippen MR) is 54.7 cm³/mol. The zero-order chi connectivity index (χ0) is 10.1. The summed E-state index contributed by atoms with van der Waals surface area (Å²) in [5.41, 5.74) is 0. The van der Waals surface area contributed by atoms with E-state index in [0.29, 0.717) is 11.4 Å². The summed E-state index contributed by atoms with van der Waals surface area (Å²) < 4.78 is 0. The zero-order valence-electron chi connectivity index (χ0n) is 7.27. The van der Waals surface area contributed by atoms with Crippen molar-refractivity contribution in [2.24, 2.45) is 0 Å². The fourth-order valence-corrected chi connectivity index (χ4v) is 2.49. The van der Waals surface area contributed by atoms with E-state index in [0.717, 1.165) is 18.1 Å². The van der Waals surface area contributed by atoms with E-state index in [1.807, 2.05) is 11.0 Å². The smallest absolute Gasteiger partial charge is 0.188 e. The first-order chi connectivity index (χ1) is 6.70. The third kappa shape index (κ3) is 1.69. The molecule has 1 aliphatic rings. The molecule has 0 amide bonds. The van der Waals surface area contributed by atoms with E-state index in [9.17, 15) is 5.11 Å². The lowest BCUT2D eigenvalue weighted by molar-refractivity contribution is 0.198. The van der Waals surface area contributed by atoms with Crippen LogP contribution in [0.2, 0.25) is 5.15 Å². The molecule has 0 aliphatic carbocycles. The number of hydrogen-bond acceptors (Lipinski definition) is 5. The average molecular weight is 230 g/mol. The van der Waals surface area contributed by atoms with Crippen LogP contribution in [-0.4, -0.2) is 29.3 Å². The van der Waals surface area contributed by atoms with E-state index in [1.54, 1.807) is 0 Å². The Morgan fingerprint density at radius 1 is 1.71 bits per heavy atom. The lowest BCUT2D eigenvalue weighted by Crippen LogP contribution is -2.20. The highest BCUT2D eigenvalue weighted by atomic mass is 35.5. The van der Waals surface area contributed by atoms with Crippen molar-refractivity contribution < 1.29 is 5.11 Å². The van der Waals surface area contributed by atoms with Crippen LogP contribution in [0, 0.1) is 11.3 Å². The molecule has 14 heavy (non-hydrogen) atoms. The van der Waals surface area contributed by atoms with Crippen molar-refractivity contribution in [2.45, 2.75) is 12.5 Å². The number of β-amino-alcohol motifs (C(OH)–C–C–N with tert-alkyl or cyclic N) is 1. The molecule has 0 spiro atoms. The zero-order valence-corrected chi connectivity index (χ0v) is 8.85. The summed E-state index contributed by atoms with van der Waals surface area (Å²) in [4.78, 5) is 6.45. The molecule has 1 N–H and O–H groups in total. The Morgan fingerprint density at radius 2 is 2.50 bits per heavy atom. The molecule has 0 bridgehead atoms. The van der Waals surface area contributed by atoms with Crippen LogP contribution in [-0.2, 0) is 0 Å². The van der Waals surface area contributed by atoms with Crippen molar-refractivity contribution in [1.29, 1.82) is 5.26 Å². The van der Waals surface area contributed by atoms with Crippen LogP contribution in [0.4, 0.5) is 5.13 Å². The molecule has 2 heterocycles. The molecule has 1 aromatic heterocycles. The average Bonchev–Trinajstić information content (AvgIpc) is 2.71. The third-order valence-corrected chi connectivity index (χ3v) is 3.52. The molecule has 1 unspecified atom stereocenters. The molecule has 1 aromatic rings. The van der Waals surface area contributed by atoms with Gasteiger partial charge < -0.3 is 10.0 Å². The van der Waals surface area contributed by atoms with Crippen LogP contribution in [0.25, 0.3) is 0 Å². The second kappa shape index (κ2) is 3.73. The lowest BCUT2D eigenvalue weighted by Gasteiger charge is -2.12. The molecular weight excluding hydrogens is 222 g/mol. The minimum absolute atomic E-state index is 0.258. The van der Waals surface area contributed by atoms with Crippen molar-refractivity contribution in [2.75, 3.05) is 18.0 Å². The summed E-state index contributed by atoms with van der Waals surface area (Å²) in [7, 11) is 0. The van der Waals surface area contributed by atoms with E-state index < -0.39 is 0 Å². The van der Waals surface area contributed by atoms with Gasteiger partial charge in [-0.15, -0.1) is 0 Å². The van der Waals surface area contributed by atoms with Gasteiger partial charge in [0.2, 0.25) is 0 Å². The van der Waals surface area contributed by atoms with Crippen LogP contribution in [0.1, 0.15) is 11.3 Å². The van der Waals surface area contributed by atoms with Crippen LogP contribution < -0.4 is 4.90 Å². The molecule has 0 aromatic carbocycles. The molecule has 1 saturated heterocycles. The van der Waals surface area contributed by atoms with Gasteiger partial charge in [0.1, 0.15) is 10.9 Å². The van der Waals surface area contributed by atoms with Gasteiger partial charge in [0.05, 0.1) is 6.10 Å². The summed E-state index contributed by atoms with van der Waals surface area (Å²) in [6, 6.07) is 1.99. The largest absolute Gasteiger partial charge is 0.391 e. The van der Waals surface area contributed by atoms with Crippen molar-refractivity contribution in [1.82, 2.24) is 4.98 Å². The maximum absolute atomic E-state index is 9.33. The van der Waals surface area contributed by atoms with E-state index in [2.05, 4.69) is 4.98 Å². The Hall–Kier alpha value is -0.830. The SMILES string of the molecule is N#Cc1sc(N2CCC(O)C2)nc1Cl. The fraction of sp³-hybridized carbons (Fsp3) is 0.500. The number of thiazole rings is 1. The number of halogens is 1. The van der Waals surface area contributed by atoms with Gasteiger partial charge in [-0.1, -0.05) is 22.9 Å². The third-order valence-electron chi connectivity index (χ3n) is 2.11. The van der Waals surface area contributed by atoms with E-state index >= 15 is 0 Å². The van der Waals surface area contributed by atoms with Gasteiger partial charge in [-0.2, -0.15) is 5.26 Å². The Balaban J connectivity index is 2.21. The van der Waals surface area contributed by atoms with Gasteiger partial charge in [-0.25, -0.2) is 4.98 Å². The minimum atomic E-state index is -0.289. The molecule has 4 nitrogen and oxygen atoms in total. The Bertz CT molecular complexity index is 386. The van der Waals surface area contributed by atoms with Crippen molar-refractivity contribution in [3.05, 3.63) is 10.0 Å². The quantitative estimate of drug-likeness (QED) is 0.787. The predicted octanol–water partition coefficient (Wildman–Crippen LogP) is 1.24. The van der Waals surface area contributed by atoms with Crippen molar-refractivity contribution in [3.63, 3.8) is 0 Å². The highest BCUT2D eigenvalue weighted by Crippen LogP contribution is 2.30. The number of aromatic nitrogens is 1. The molecule has 1 atom stereocenters. The number of rotatable bonds is 1. The van der Waals surface area contributed by atoms with E-state index in [1.165, 1.54) is 11.3 Å². The Morgan fingerprint density at radius 3 is 3.00 bits per heavy atom. The maximum Gasteiger partial charge on any atom is 0.188 e. The topological polar surface area (TPSA) is 60.2 Å². The number of aliphatic hydroxyl groups is 1. The Labute approximate surface area is 90.4 Å². The van der Waals surface area contributed by atoms with Crippen LogP contribution >= 0.6 is 22.9 Å². The van der Waals surface area contributed by atoms with Gasteiger partial charge in [-0.3, -0.25) is 0 Å². The molecule has 0 saturated carbocycles. The fourth-order valence-electron chi connectivity index (χ4n) is 1.41. The van der Waals surface area contributed by atoms with Gasteiger partial charge in [0.25, 0.3) is 0 Å². The van der Waals surface area contributed by atoms with Crippen LogP contribution in [0.5, 0.6) is 0 Å². The highest BCUT2D eigenvalue weighted by Gasteiger charge is 2.23. The lowest BCUT2D eigenvalue weighted by atomic mass is 10.3.